The minimum Gasteiger partial charge on any atom is -0.476 e. The van der Waals surface area contributed by atoms with Crippen molar-refractivity contribution in [3.8, 4) is 17.2 Å². The van der Waals surface area contributed by atoms with Crippen molar-refractivity contribution in [2.24, 2.45) is 0 Å². The average Bonchev–Trinajstić information content (AvgIpc) is 2.97. The molecule has 2 aromatic carbocycles. The quantitative estimate of drug-likeness (QED) is 0.736. The summed E-state index contributed by atoms with van der Waals surface area (Å²) in [6.07, 6.45) is 0. The number of carbonyl (C=O) groups is 1. The van der Waals surface area contributed by atoms with E-state index in [1.165, 1.54) is 0 Å². The van der Waals surface area contributed by atoms with Gasteiger partial charge in [-0.15, -0.1) is 0 Å². The van der Waals surface area contributed by atoms with Gasteiger partial charge in [0.1, 0.15) is 0 Å². The van der Waals surface area contributed by atoms with Crippen LogP contribution in [0.3, 0.4) is 0 Å². The van der Waals surface area contributed by atoms with Gasteiger partial charge in [0.05, 0.1) is 17.3 Å². The number of aryl methyl sites for hydroxylation is 1. The van der Waals surface area contributed by atoms with Crippen LogP contribution in [0.25, 0.3) is 11.1 Å². The van der Waals surface area contributed by atoms with Gasteiger partial charge in [-0.25, -0.2) is 4.79 Å². The van der Waals surface area contributed by atoms with Crippen LogP contribution in [0.2, 0.25) is 0 Å². The Balaban J connectivity index is 1.84. The Kier molecular flexibility index (Phi) is 4.27. The van der Waals surface area contributed by atoms with Crippen molar-refractivity contribution < 1.29 is 9.90 Å². The predicted molar refractivity (Wildman–Crippen MR) is 93.7 cm³/mol. The molecule has 1 heterocycles. The maximum atomic E-state index is 11.2. The first-order valence-electron chi connectivity index (χ1n) is 7.15. The Hall–Kier alpha value is -3.17. The molecule has 5 nitrogen and oxygen atoms in total. The van der Waals surface area contributed by atoms with Crippen molar-refractivity contribution in [1.29, 1.82) is 5.26 Å². The zero-order valence-electron chi connectivity index (χ0n) is 12.8. The van der Waals surface area contributed by atoms with Crippen LogP contribution in [0.5, 0.6) is 0 Å². The van der Waals surface area contributed by atoms with E-state index in [-0.39, 0.29) is 5.69 Å². The Labute approximate surface area is 143 Å². The number of aromatic carboxylic acids is 1. The molecule has 3 aromatic rings. The number of anilines is 2. The zero-order valence-corrected chi connectivity index (χ0v) is 13.6. The van der Waals surface area contributed by atoms with Gasteiger partial charge in [-0.3, -0.25) is 0 Å². The molecule has 1 aromatic heterocycles. The highest BCUT2D eigenvalue weighted by Crippen LogP contribution is 2.29. The summed E-state index contributed by atoms with van der Waals surface area (Å²) >= 11 is 1.16. The molecular weight excluding hydrogens is 322 g/mol. The van der Waals surface area contributed by atoms with Crippen LogP contribution in [0.15, 0.2) is 48.5 Å². The summed E-state index contributed by atoms with van der Waals surface area (Å²) in [5, 5.41) is 21.1. The Morgan fingerprint density at radius 1 is 1.12 bits per heavy atom. The van der Waals surface area contributed by atoms with Crippen molar-refractivity contribution in [3.05, 3.63) is 64.7 Å². The third kappa shape index (κ3) is 3.12. The minimum atomic E-state index is -1.05. The summed E-state index contributed by atoms with van der Waals surface area (Å²) in [5.41, 5.74) is 4.01. The second-order valence-electron chi connectivity index (χ2n) is 5.16. The first-order valence-corrected chi connectivity index (χ1v) is 7.93. The van der Waals surface area contributed by atoms with Crippen LogP contribution in [0, 0.1) is 18.3 Å². The molecule has 0 aliphatic carbocycles. The van der Waals surface area contributed by atoms with E-state index in [1.54, 1.807) is 12.1 Å². The molecule has 118 valence electrons. The monoisotopic (exact) mass is 335 g/mol. The van der Waals surface area contributed by atoms with E-state index < -0.39 is 5.97 Å². The lowest BCUT2D eigenvalue weighted by Crippen LogP contribution is -2.02. The lowest BCUT2D eigenvalue weighted by Gasteiger charge is -2.08. The average molecular weight is 335 g/mol. The Morgan fingerprint density at radius 2 is 1.71 bits per heavy atom. The SMILES string of the molecule is Cc1snc(C(=O)O)c1Nc1ccc(-c2ccc(C#N)cc2)cc1. The maximum absolute atomic E-state index is 11.2. The molecule has 0 amide bonds. The smallest absolute Gasteiger partial charge is 0.357 e. The molecule has 6 heteroatoms. The largest absolute Gasteiger partial charge is 0.476 e. The molecule has 0 bridgehead atoms. The Bertz CT molecular complexity index is 922. The van der Waals surface area contributed by atoms with Crippen molar-refractivity contribution in [2.45, 2.75) is 6.92 Å². The van der Waals surface area contributed by atoms with Crippen molar-refractivity contribution in [3.63, 3.8) is 0 Å². The van der Waals surface area contributed by atoms with Gasteiger partial charge in [-0.2, -0.15) is 9.64 Å². The third-order valence-electron chi connectivity index (χ3n) is 3.57. The first-order chi connectivity index (χ1) is 11.6. The molecular formula is C18H13N3O2S. The molecule has 0 aliphatic rings. The van der Waals surface area contributed by atoms with E-state index >= 15 is 0 Å². The van der Waals surface area contributed by atoms with Gasteiger partial charge in [-0.05, 0) is 53.8 Å². The molecule has 0 unspecified atom stereocenters. The van der Waals surface area contributed by atoms with Crippen LogP contribution in [-0.2, 0) is 0 Å². The van der Waals surface area contributed by atoms with Gasteiger partial charge < -0.3 is 10.4 Å². The minimum absolute atomic E-state index is 0.0358. The highest BCUT2D eigenvalue weighted by molar-refractivity contribution is 7.06. The fourth-order valence-corrected chi connectivity index (χ4v) is 2.93. The van der Waals surface area contributed by atoms with Gasteiger partial charge in [0.15, 0.2) is 5.69 Å². The van der Waals surface area contributed by atoms with Crippen LogP contribution in [-0.4, -0.2) is 15.4 Å². The van der Waals surface area contributed by atoms with E-state index in [2.05, 4.69) is 15.8 Å². The lowest BCUT2D eigenvalue weighted by atomic mass is 10.0. The van der Waals surface area contributed by atoms with E-state index in [0.717, 1.165) is 33.2 Å². The summed E-state index contributed by atoms with van der Waals surface area (Å²) in [7, 11) is 0. The normalized spacial score (nSPS) is 10.2. The number of benzene rings is 2. The van der Waals surface area contributed by atoms with E-state index in [0.29, 0.717) is 11.3 Å². The maximum Gasteiger partial charge on any atom is 0.357 e. The van der Waals surface area contributed by atoms with Gasteiger partial charge in [0.25, 0.3) is 0 Å². The summed E-state index contributed by atoms with van der Waals surface area (Å²) in [6.45, 7) is 1.83. The fourth-order valence-electron chi connectivity index (χ4n) is 2.29. The highest BCUT2D eigenvalue weighted by Gasteiger charge is 2.17. The van der Waals surface area contributed by atoms with Crippen LogP contribution in [0.1, 0.15) is 20.9 Å². The first kappa shape index (κ1) is 15.7. The number of carboxylic acid groups (broad SMARTS) is 1. The van der Waals surface area contributed by atoms with Crippen LogP contribution < -0.4 is 5.32 Å². The van der Waals surface area contributed by atoms with Crippen molar-refractivity contribution in [1.82, 2.24) is 4.37 Å². The topological polar surface area (TPSA) is 86.0 Å². The second-order valence-corrected chi connectivity index (χ2v) is 6.14. The molecule has 0 radical (unpaired) electrons. The standard InChI is InChI=1S/C18H13N3O2S/c1-11-16(17(18(22)23)21-24-11)20-15-8-6-14(7-9-15)13-4-2-12(10-19)3-5-13/h2-9,20H,1H3,(H,22,23). The number of aromatic nitrogens is 1. The Morgan fingerprint density at radius 3 is 2.25 bits per heavy atom. The predicted octanol–water partition coefficient (Wildman–Crippen LogP) is 4.43. The van der Waals surface area contributed by atoms with Crippen LogP contribution >= 0.6 is 11.5 Å². The van der Waals surface area contributed by atoms with Crippen molar-refractivity contribution >= 4 is 28.9 Å². The molecule has 0 saturated heterocycles. The second kappa shape index (κ2) is 6.52. The summed E-state index contributed by atoms with van der Waals surface area (Å²) in [6, 6.07) is 17.1. The zero-order chi connectivity index (χ0) is 17.1. The number of nitrogens with zero attached hydrogens (tertiary/aromatic N) is 2. The number of hydrogen-bond acceptors (Lipinski definition) is 5. The van der Waals surface area contributed by atoms with E-state index in [9.17, 15) is 9.90 Å². The summed E-state index contributed by atoms with van der Waals surface area (Å²) < 4.78 is 3.95. The number of hydrogen-bond donors (Lipinski definition) is 2. The number of nitrogens with one attached hydrogen (secondary N) is 1. The molecule has 3 rings (SSSR count). The van der Waals surface area contributed by atoms with Gasteiger partial charge in [-0.1, -0.05) is 24.3 Å². The molecule has 0 saturated carbocycles. The summed E-state index contributed by atoms with van der Waals surface area (Å²) in [4.78, 5) is 12.0. The van der Waals surface area contributed by atoms with E-state index in [4.69, 9.17) is 5.26 Å². The lowest BCUT2D eigenvalue weighted by molar-refractivity contribution is 0.0693. The molecule has 0 fully saturated rings. The third-order valence-corrected chi connectivity index (χ3v) is 4.32. The van der Waals surface area contributed by atoms with Gasteiger partial charge in [0.2, 0.25) is 0 Å². The van der Waals surface area contributed by atoms with Gasteiger partial charge in [0, 0.05) is 10.6 Å². The van der Waals surface area contributed by atoms with Gasteiger partial charge >= 0.3 is 5.97 Å². The molecule has 0 aliphatic heterocycles. The number of carboxylic acids is 1. The van der Waals surface area contributed by atoms with Crippen LogP contribution in [0.4, 0.5) is 11.4 Å². The van der Waals surface area contributed by atoms with E-state index in [1.807, 2.05) is 43.3 Å². The molecule has 2 N–H and O–H groups in total. The fraction of sp³-hybridized carbons (Fsp3) is 0.0556. The number of rotatable bonds is 4. The molecule has 0 atom stereocenters. The number of nitriles is 1. The molecule has 0 spiro atoms. The van der Waals surface area contributed by atoms with Crippen molar-refractivity contribution in [2.75, 3.05) is 5.32 Å². The molecule has 24 heavy (non-hydrogen) atoms. The highest BCUT2D eigenvalue weighted by atomic mass is 32.1. The summed E-state index contributed by atoms with van der Waals surface area (Å²) in [5.74, 6) is -1.05.